The van der Waals surface area contributed by atoms with Gasteiger partial charge in [0.15, 0.2) is 0 Å². The molecule has 0 unspecified atom stereocenters. The van der Waals surface area contributed by atoms with Crippen LogP contribution in [0.1, 0.15) is 47.1 Å². The molecule has 164 valence electrons. The van der Waals surface area contributed by atoms with Crippen LogP contribution >= 0.6 is 11.6 Å². The summed E-state index contributed by atoms with van der Waals surface area (Å²) in [5.74, 6) is -0.241. The van der Waals surface area contributed by atoms with Crippen molar-refractivity contribution in [1.29, 1.82) is 0 Å². The second-order valence-electron chi connectivity index (χ2n) is 8.40. The molecule has 3 rings (SSSR count). The summed E-state index contributed by atoms with van der Waals surface area (Å²) in [5.41, 5.74) is 3.35. The van der Waals surface area contributed by atoms with Crippen LogP contribution in [0.5, 0.6) is 0 Å². The number of nitrogens with one attached hydrogen (secondary N) is 3. The number of carbonyl (C=O) groups is 2. The Morgan fingerprint density at radius 2 is 1.44 bits per heavy atom. The van der Waals surface area contributed by atoms with E-state index < -0.39 is 0 Å². The smallest absolute Gasteiger partial charge is 0.257 e. The maximum Gasteiger partial charge on any atom is 0.257 e. The number of halogens is 1. The first kappa shape index (κ1) is 23.1. The zero-order valence-electron chi connectivity index (χ0n) is 18.3. The molecule has 3 aromatic carbocycles. The van der Waals surface area contributed by atoms with Crippen molar-refractivity contribution in [2.45, 2.75) is 26.2 Å². The van der Waals surface area contributed by atoms with Gasteiger partial charge in [-0.3, -0.25) is 9.59 Å². The van der Waals surface area contributed by atoms with Gasteiger partial charge in [0.2, 0.25) is 0 Å². The van der Waals surface area contributed by atoms with Gasteiger partial charge in [-0.15, -0.1) is 0 Å². The highest BCUT2D eigenvalue weighted by Gasteiger charge is 2.15. The number of hydrogen-bond donors (Lipinski definition) is 3. The summed E-state index contributed by atoms with van der Waals surface area (Å²) in [4.78, 5) is 25.0. The lowest BCUT2D eigenvalue weighted by Gasteiger charge is -2.19. The number of rotatable bonds is 6. The summed E-state index contributed by atoms with van der Waals surface area (Å²) in [6.07, 6.45) is 0. The molecular weight excluding hydrogens is 422 g/mol. The quantitative estimate of drug-likeness (QED) is 0.421. The van der Waals surface area contributed by atoms with Crippen LogP contribution in [0.4, 0.5) is 11.4 Å². The van der Waals surface area contributed by atoms with Gasteiger partial charge in [-0.2, -0.15) is 0 Å². The number of anilines is 2. The van der Waals surface area contributed by atoms with Crippen LogP contribution in [-0.2, 0) is 5.41 Å². The Labute approximate surface area is 193 Å². The van der Waals surface area contributed by atoms with E-state index in [1.165, 1.54) is 0 Å². The van der Waals surface area contributed by atoms with Gasteiger partial charge in [0.1, 0.15) is 5.82 Å². The topological polar surface area (TPSA) is 70.2 Å². The predicted molar refractivity (Wildman–Crippen MR) is 131 cm³/mol. The van der Waals surface area contributed by atoms with Crippen molar-refractivity contribution in [2.75, 3.05) is 10.6 Å². The Morgan fingerprint density at radius 1 is 0.812 bits per heavy atom. The maximum absolute atomic E-state index is 12.5. The fourth-order valence-electron chi connectivity index (χ4n) is 3.05. The van der Waals surface area contributed by atoms with Crippen LogP contribution in [0.3, 0.4) is 0 Å². The van der Waals surface area contributed by atoms with Crippen molar-refractivity contribution >= 4 is 34.8 Å². The van der Waals surface area contributed by atoms with Crippen molar-refractivity contribution in [3.05, 3.63) is 107 Å². The molecule has 0 saturated carbocycles. The zero-order valence-corrected chi connectivity index (χ0v) is 19.1. The predicted octanol–water partition coefficient (Wildman–Crippen LogP) is 6.20. The van der Waals surface area contributed by atoms with Crippen LogP contribution in [0.25, 0.3) is 0 Å². The molecule has 0 heterocycles. The molecule has 0 aromatic heterocycles. The molecule has 0 aliphatic rings. The number of benzene rings is 3. The highest BCUT2D eigenvalue weighted by Crippen LogP contribution is 2.23. The van der Waals surface area contributed by atoms with E-state index in [9.17, 15) is 9.59 Å². The third-order valence-corrected chi connectivity index (χ3v) is 5.14. The van der Waals surface area contributed by atoms with Crippen LogP contribution in [0.2, 0.25) is 5.02 Å². The zero-order chi connectivity index (χ0) is 23.3. The van der Waals surface area contributed by atoms with Gasteiger partial charge in [0.05, 0.1) is 10.6 Å². The molecule has 3 N–H and O–H groups in total. The molecule has 0 bridgehead atoms. The molecule has 0 saturated heterocycles. The fourth-order valence-corrected chi connectivity index (χ4v) is 3.28. The lowest BCUT2D eigenvalue weighted by Crippen LogP contribution is -2.26. The lowest BCUT2D eigenvalue weighted by molar-refractivity contribution is 0.0965. The first-order valence-corrected chi connectivity index (χ1v) is 10.5. The highest BCUT2D eigenvalue weighted by atomic mass is 35.5. The third-order valence-electron chi connectivity index (χ3n) is 4.81. The van der Waals surface area contributed by atoms with Gasteiger partial charge < -0.3 is 16.0 Å². The molecule has 6 heteroatoms. The Bertz CT molecular complexity index is 1150. The third kappa shape index (κ3) is 5.99. The summed E-state index contributed by atoms with van der Waals surface area (Å²) in [7, 11) is 0. The van der Waals surface area contributed by atoms with Crippen molar-refractivity contribution < 1.29 is 9.59 Å². The van der Waals surface area contributed by atoms with Gasteiger partial charge in [-0.25, -0.2) is 0 Å². The van der Waals surface area contributed by atoms with Crippen molar-refractivity contribution in [3.8, 4) is 0 Å². The van der Waals surface area contributed by atoms with E-state index in [2.05, 4.69) is 43.3 Å². The van der Waals surface area contributed by atoms with Gasteiger partial charge in [-0.1, -0.05) is 69.3 Å². The van der Waals surface area contributed by atoms with E-state index in [4.69, 9.17) is 11.6 Å². The summed E-state index contributed by atoms with van der Waals surface area (Å²) < 4.78 is 0. The molecule has 5 nitrogen and oxygen atoms in total. The van der Waals surface area contributed by atoms with E-state index in [1.807, 2.05) is 12.1 Å². The van der Waals surface area contributed by atoms with E-state index >= 15 is 0 Å². The Balaban J connectivity index is 1.61. The molecule has 3 aromatic rings. The monoisotopic (exact) mass is 447 g/mol. The van der Waals surface area contributed by atoms with Crippen LogP contribution in [0, 0.1) is 0 Å². The molecule has 32 heavy (non-hydrogen) atoms. The minimum Gasteiger partial charge on any atom is -0.342 e. The second-order valence-corrected chi connectivity index (χ2v) is 8.81. The Kier molecular flexibility index (Phi) is 7.01. The first-order valence-electron chi connectivity index (χ1n) is 10.2. The Hall–Kier alpha value is -3.57. The van der Waals surface area contributed by atoms with E-state index in [0.29, 0.717) is 33.3 Å². The lowest BCUT2D eigenvalue weighted by atomic mass is 9.87. The summed E-state index contributed by atoms with van der Waals surface area (Å²) in [6.45, 7) is 10.2. The van der Waals surface area contributed by atoms with E-state index in [-0.39, 0.29) is 17.2 Å². The van der Waals surface area contributed by atoms with Gasteiger partial charge in [0, 0.05) is 16.9 Å². The van der Waals surface area contributed by atoms with Crippen LogP contribution in [-0.4, -0.2) is 11.8 Å². The molecule has 0 aliphatic carbocycles. The normalized spacial score (nSPS) is 10.9. The average Bonchev–Trinajstić information content (AvgIpc) is 2.73. The average molecular weight is 448 g/mol. The first-order chi connectivity index (χ1) is 15.1. The van der Waals surface area contributed by atoms with Crippen molar-refractivity contribution in [3.63, 3.8) is 0 Å². The molecule has 0 fully saturated rings. The standard InChI is InChI=1S/C26H26ClN3O2/c1-17(29-24(31)18-12-14-19(15-13-18)26(2,3)4)28-20-8-7-9-21(16-20)30-25(32)22-10-5-6-11-23(22)27/h5-16,28H,1H2,2-4H3,(H,29,31)(H,30,32). The second kappa shape index (κ2) is 9.71. The van der Waals surface area contributed by atoms with E-state index in [0.717, 1.165) is 5.56 Å². The molecule has 2 amide bonds. The molecule has 0 aliphatic heterocycles. The van der Waals surface area contributed by atoms with Crippen LogP contribution in [0.15, 0.2) is 85.2 Å². The van der Waals surface area contributed by atoms with Gasteiger partial charge in [-0.05, 0) is 53.4 Å². The minimum atomic E-state index is -0.307. The number of carbonyl (C=O) groups excluding carboxylic acids is 2. The molecular formula is C26H26ClN3O2. The SMILES string of the molecule is C=C(NC(=O)c1ccc(C(C)(C)C)cc1)Nc1cccc(NC(=O)c2ccccc2Cl)c1. The molecule has 0 radical (unpaired) electrons. The molecule has 0 atom stereocenters. The summed E-state index contributed by atoms with van der Waals surface area (Å²) in [5, 5.41) is 8.98. The van der Waals surface area contributed by atoms with Crippen molar-refractivity contribution in [1.82, 2.24) is 5.32 Å². The summed E-state index contributed by atoms with van der Waals surface area (Å²) >= 11 is 6.09. The Morgan fingerprint density at radius 3 is 2.06 bits per heavy atom. The highest BCUT2D eigenvalue weighted by molar-refractivity contribution is 6.34. The maximum atomic E-state index is 12.5. The van der Waals surface area contributed by atoms with Gasteiger partial charge in [0.25, 0.3) is 11.8 Å². The van der Waals surface area contributed by atoms with Crippen LogP contribution < -0.4 is 16.0 Å². The summed E-state index contributed by atoms with van der Waals surface area (Å²) in [6, 6.07) is 21.4. The largest absolute Gasteiger partial charge is 0.342 e. The fraction of sp³-hybridized carbons (Fsp3) is 0.154. The number of hydrogen-bond acceptors (Lipinski definition) is 3. The van der Waals surface area contributed by atoms with E-state index in [1.54, 1.807) is 60.7 Å². The number of amides is 2. The van der Waals surface area contributed by atoms with Crippen molar-refractivity contribution in [2.24, 2.45) is 0 Å². The van der Waals surface area contributed by atoms with Gasteiger partial charge >= 0.3 is 0 Å². The molecule has 0 spiro atoms. The minimum absolute atomic E-state index is 0.0203.